The van der Waals surface area contributed by atoms with Gasteiger partial charge in [0.05, 0.1) is 10.4 Å². The number of pyridine rings is 1. The molecule has 1 fully saturated rings. The summed E-state index contributed by atoms with van der Waals surface area (Å²) in [7, 11) is -3.44. The van der Waals surface area contributed by atoms with E-state index in [2.05, 4.69) is 51.8 Å². The fraction of sp³-hybridized carbons (Fsp3) is 0.323. The second-order valence-corrected chi connectivity index (χ2v) is 12.5. The van der Waals surface area contributed by atoms with Crippen molar-refractivity contribution in [1.29, 1.82) is 0 Å². The molecule has 1 saturated heterocycles. The van der Waals surface area contributed by atoms with Crippen LogP contribution in [0.25, 0.3) is 23.2 Å². The lowest BCUT2D eigenvalue weighted by atomic mass is 9.98. The number of hydrogen-bond donors (Lipinski definition) is 0. The van der Waals surface area contributed by atoms with Crippen LogP contribution < -0.4 is 0 Å². The third kappa shape index (κ3) is 4.70. The maximum atomic E-state index is 13.2. The van der Waals surface area contributed by atoms with Gasteiger partial charge in [-0.2, -0.15) is 4.31 Å². The molecule has 6 rings (SSSR count). The van der Waals surface area contributed by atoms with Gasteiger partial charge in [-0.15, -0.1) is 0 Å². The van der Waals surface area contributed by atoms with E-state index in [0.717, 1.165) is 43.5 Å². The molecule has 0 amide bonds. The molecule has 2 aromatic carbocycles. The van der Waals surface area contributed by atoms with Gasteiger partial charge in [-0.1, -0.05) is 29.3 Å². The van der Waals surface area contributed by atoms with E-state index in [1.807, 2.05) is 43.6 Å². The second kappa shape index (κ2) is 10.1. The number of fused-ring (bicyclic) bond motifs is 3. The summed E-state index contributed by atoms with van der Waals surface area (Å²) in [5.74, 6) is 0. The Kier molecular flexibility index (Phi) is 6.68. The van der Waals surface area contributed by atoms with Crippen molar-refractivity contribution in [3.8, 4) is 0 Å². The van der Waals surface area contributed by atoms with Gasteiger partial charge in [-0.25, -0.2) is 8.42 Å². The van der Waals surface area contributed by atoms with E-state index in [1.54, 1.807) is 16.4 Å². The van der Waals surface area contributed by atoms with Gasteiger partial charge in [-0.3, -0.25) is 9.88 Å². The molecule has 0 N–H and O–H groups in total. The van der Waals surface area contributed by atoms with Crippen LogP contribution in [0.5, 0.6) is 0 Å². The molecular weight excluding hydrogens is 492 g/mol. The third-order valence-corrected chi connectivity index (χ3v) is 10.0. The maximum absolute atomic E-state index is 13.2. The standard InChI is InChI=1S/C31H34N4O2S/c1-23-3-6-27(7-4-23)38(36,37)34-18-12-26(13-19-34)33-17-14-31-29(22-33)28-21-24(2)5-8-30(28)35(31)20-11-25-9-15-32-16-10-25/h3-11,15-16,20-21,26H,12-14,17-19,22H2,1-2H3. The molecule has 0 bridgehead atoms. The van der Waals surface area contributed by atoms with Gasteiger partial charge in [0.25, 0.3) is 0 Å². The average molecular weight is 527 g/mol. The van der Waals surface area contributed by atoms with Crippen LogP contribution in [0.4, 0.5) is 0 Å². The van der Waals surface area contributed by atoms with Crippen molar-refractivity contribution < 1.29 is 8.42 Å². The molecule has 2 aliphatic heterocycles. The van der Waals surface area contributed by atoms with Gasteiger partial charge in [0, 0.05) is 68.3 Å². The topological polar surface area (TPSA) is 58.4 Å². The zero-order valence-electron chi connectivity index (χ0n) is 22.0. The minimum Gasteiger partial charge on any atom is -0.320 e. The molecule has 4 aromatic rings. The minimum atomic E-state index is -3.44. The van der Waals surface area contributed by atoms with Gasteiger partial charge in [0.2, 0.25) is 10.0 Å². The molecular formula is C31H34N4O2S. The van der Waals surface area contributed by atoms with Crippen LogP contribution in [0.3, 0.4) is 0 Å². The van der Waals surface area contributed by atoms with E-state index in [9.17, 15) is 8.42 Å². The molecule has 0 saturated carbocycles. The van der Waals surface area contributed by atoms with Crippen molar-refractivity contribution in [1.82, 2.24) is 18.8 Å². The largest absolute Gasteiger partial charge is 0.320 e. The maximum Gasteiger partial charge on any atom is 0.243 e. The fourth-order valence-electron chi connectivity index (χ4n) is 5.95. The highest BCUT2D eigenvalue weighted by Crippen LogP contribution is 2.34. The summed E-state index contributed by atoms with van der Waals surface area (Å²) in [6.45, 7) is 7.16. The molecule has 0 aliphatic carbocycles. The Labute approximate surface area is 225 Å². The van der Waals surface area contributed by atoms with Crippen molar-refractivity contribution in [3.63, 3.8) is 0 Å². The molecule has 6 nitrogen and oxygen atoms in total. The molecule has 0 spiro atoms. The lowest BCUT2D eigenvalue weighted by Crippen LogP contribution is -2.48. The number of rotatable bonds is 5. The highest BCUT2D eigenvalue weighted by Gasteiger charge is 2.34. The molecule has 0 atom stereocenters. The van der Waals surface area contributed by atoms with Gasteiger partial charge >= 0.3 is 0 Å². The van der Waals surface area contributed by atoms with Gasteiger partial charge in [0.15, 0.2) is 0 Å². The van der Waals surface area contributed by atoms with Crippen molar-refractivity contribution in [2.75, 3.05) is 19.6 Å². The van der Waals surface area contributed by atoms with Crippen LogP contribution in [0.1, 0.15) is 40.8 Å². The lowest BCUT2D eigenvalue weighted by Gasteiger charge is -2.40. The molecule has 2 aromatic heterocycles. The Balaban J connectivity index is 1.22. The lowest BCUT2D eigenvalue weighted by molar-refractivity contribution is 0.126. The first-order valence-electron chi connectivity index (χ1n) is 13.4. The summed E-state index contributed by atoms with van der Waals surface area (Å²) in [6.07, 6.45) is 10.7. The summed E-state index contributed by atoms with van der Waals surface area (Å²) < 4.78 is 30.4. The SMILES string of the molecule is Cc1ccc(S(=O)(=O)N2CCC(N3CCc4c(c5cc(C)ccc5n4C=Cc4ccncc4)C3)CC2)cc1. The zero-order chi connectivity index (χ0) is 26.3. The van der Waals surface area contributed by atoms with Crippen molar-refractivity contribution >= 4 is 33.2 Å². The summed E-state index contributed by atoms with van der Waals surface area (Å²) in [5, 5.41) is 1.32. The monoisotopic (exact) mass is 526 g/mol. The van der Waals surface area contributed by atoms with Crippen molar-refractivity contribution in [3.05, 3.63) is 94.9 Å². The number of sulfonamides is 1. The van der Waals surface area contributed by atoms with Crippen LogP contribution in [-0.2, 0) is 23.0 Å². The van der Waals surface area contributed by atoms with E-state index in [-0.39, 0.29) is 0 Å². The number of aromatic nitrogens is 2. The smallest absolute Gasteiger partial charge is 0.243 e. The van der Waals surface area contributed by atoms with Crippen LogP contribution in [0.2, 0.25) is 0 Å². The summed E-state index contributed by atoms with van der Waals surface area (Å²) in [5.41, 5.74) is 7.49. The van der Waals surface area contributed by atoms with Crippen LogP contribution in [-0.4, -0.2) is 52.9 Å². The summed E-state index contributed by atoms with van der Waals surface area (Å²) in [4.78, 5) is 7.10. The Hall–Kier alpha value is -3.26. The summed E-state index contributed by atoms with van der Waals surface area (Å²) in [6, 6.07) is 18.4. The van der Waals surface area contributed by atoms with E-state index in [4.69, 9.17) is 0 Å². The molecule has 196 valence electrons. The number of piperidine rings is 1. The highest BCUT2D eigenvalue weighted by molar-refractivity contribution is 7.89. The number of hydrogen-bond acceptors (Lipinski definition) is 4. The second-order valence-electron chi connectivity index (χ2n) is 10.6. The van der Waals surface area contributed by atoms with Crippen LogP contribution >= 0.6 is 0 Å². The number of nitrogens with zero attached hydrogens (tertiary/aromatic N) is 4. The highest BCUT2D eigenvalue weighted by atomic mass is 32.2. The molecule has 4 heterocycles. The van der Waals surface area contributed by atoms with Crippen LogP contribution in [0.15, 0.2) is 71.9 Å². The molecule has 7 heteroatoms. The Morgan fingerprint density at radius 2 is 1.61 bits per heavy atom. The quantitative estimate of drug-likeness (QED) is 0.345. The Morgan fingerprint density at radius 3 is 2.34 bits per heavy atom. The first kappa shape index (κ1) is 25.0. The molecule has 2 aliphatic rings. The van der Waals surface area contributed by atoms with Gasteiger partial charge < -0.3 is 4.57 Å². The van der Waals surface area contributed by atoms with Crippen LogP contribution in [0, 0.1) is 13.8 Å². The molecule has 38 heavy (non-hydrogen) atoms. The summed E-state index contributed by atoms with van der Waals surface area (Å²) >= 11 is 0. The Bertz CT molecular complexity index is 1580. The number of aryl methyl sites for hydroxylation is 2. The van der Waals surface area contributed by atoms with Crippen molar-refractivity contribution in [2.45, 2.75) is 50.6 Å². The van der Waals surface area contributed by atoms with E-state index >= 15 is 0 Å². The first-order chi connectivity index (χ1) is 18.4. The predicted molar refractivity (Wildman–Crippen MR) is 153 cm³/mol. The third-order valence-electron chi connectivity index (χ3n) is 8.09. The van der Waals surface area contributed by atoms with E-state index < -0.39 is 10.0 Å². The molecule has 0 radical (unpaired) electrons. The Morgan fingerprint density at radius 1 is 0.895 bits per heavy atom. The zero-order valence-corrected chi connectivity index (χ0v) is 22.9. The molecule has 0 unspecified atom stereocenters. The van der Waals surface area contributed by atoms with E-state index in [1.165, 1.54) is 27.7 Å². The fourth-order valence-corrected chi connectivity index (χ4v) is 7.42. The predicted octanol–water partition coefficient (Wildman–Crippen LogP) is 5.49. The number of benzene rings is 2. The van der Waals surface area contributed by atoms with Gasteiger partial charge in [-0.05, 0) is 80.3 Å². The normalized spacial score (nSPS) is 17.8. The first-order valence-corrected chi connectivity index (χ1v) is 14.9. The van der Waals surface area contributed by atoms with E-state index in [0.29, 0.717) is 24.0 Å². The van der Waals surface area contributed by atoms with Gasteiger partial charge in [0.1, 0.15) is 0 Å². The van der Waals surface area contributed by atoms with Crippen molar-refractivity contribution in [2.24, 2.45) is 0 Å². The average Bonchev–Trinajstić information content (AvgIpc) is 3.24. The minimum absolute atomic E-state index is 0.392.